The number of nitrogens with one attached hydrogen (secondary N) is 1. The molecule has 0 spiro atoms. The summed E-state index contributed by atoms with van der Waals surface area (Å²) in [6.45, 7) is 3.44. The Morgan fingerprint density at radius 3 is 2.68 bits per heavy atom. The minimum absolute atomic E-state index is 0.154. The van der Waals surface area contributed by atoms with E-state index in [4.69, 9.17) is 10.5 Å². The van der Waals surface area contributed by atoms with Crippen molar-refractivity contribution in [3.8, 4) is 0 Å². The highest BCUT2D eigenvalue weighted by atomic mass is 16.5. The molecule has 2 rings (SSSR count). The van der Waals surface area contributed by atoms with Crippen LogP contribution in [0, 0.1) is 11.8 Å². The largest absolute Gasteiger partial charge is 0.376 e. The van der Waals surface area contributed by atoms with Gasteiger partial charge in [0.05, 0.1) is 12.7 Å². The monoisotopic (exact) mass is 268 g/mol. The maximum atomic E-state index is 12.0. The molecule has 0 aromatic heterocycles. The second-order valence-corrected chi connectivity index (χ2v) is 6.22. The summed E-state index contributed by atoms with van der Waals surface area (Å²) in [5, 5.41) is 3.01. The van der Waals surface area contributed by atoms with E-state index in [1.807, 2.05) is 0 Å². The Kier molecular flexibility index (Phi) is 5.64. The molecule has 3 unspecified atom stereocenters. The lowest BCUT2D eigenvalue weighted by Gasteiger charge is -2.31. The van der Waals surface area contributed by atoms with Gasteiger partial charge < -0.3 is 15.8 Å². The number of carbonyl (C=O) groups is 1. The highest BCUT2D eigenvalue weighted by Crippen LogP contribution is 2.28. The number of hydrogen-bond acceptors (Lipinski definition) is 3. The molecule has 2 saturated carbocycles. The van der Waals surface area contributed by atoms with Crippen molar-refractivity contribution in [2.75, 3.05) is 13.2 Å². The molecular formula is C15H28N2O2. The molecule has 4 nitrogen and oxygen atoms in total. The minimum Gasteiger partial charge on any atom is -0.376 e. The van der Waals surface area contributed by atoms with Gasteiger partial charge in [0.15, 0.2) is 0 Å². The molecule has 0 saturated heterocycles. The van der Waals surface area contributed by atoms with Crippen LogP contribution in [0.15, 0.2) is 0 Å². The smallest absolute Gasteiger partial charge is 0.223 e. The quantitative estimate of drug-likeness (QED) is 0.748. The molecule has 19 heavy (non-hydrogen) atoms. The van der Waals surface area contributed by atoms with Gasteiger partial charge in [0, 0.05) is 18.5 Å². The Labute approximate surface area is 116 Å². The Morgan fingerprint density at radius 2 is 2.00 bits per heavy atom. The first kappa shape index (κ1) is 14.8. The van der Waals surface area contributed by atoms with Gasteiger partial charge in [-0.25, -0.2) is 0 Å². The van der Waals surface area contributed by atoms with Crippen LogP contribution in [0.1, 0.15) is 51.9 Å². The molecule has 0 aromatic rings. The highest BCUT2D eigenvalue weighted by Gasteiger charge is 2.29. The van der Waals surface area contributed by atoms with E-state index in [2.05, 4.69) is 12.2 Å². The zero-order valence-electron chi connectivity index (χ0n) is 12.1. The molecule has 1 amide bonds. The molecule has 0 radical (unpaired) electrons. The molecule has 4 heteroatoms. The van der Waals surface area contributed by atoms with Crippen LogP contribution >= 0.6 is 0 Å². The molecule has 110 valence electrons. The van der Waals surface area contributed by atoms with Crippen LogP contribution in [-0.4, -0.2) is 31.2 Å². The molecule has 2 aliphatic rings. The second kappa shape index (κ2) is 7.25. The summed E-state index contributed by atoms with van der Waals surface area (Å²) in [5.41, 5.74) is 5.98. The normalized spacial score (nSPS) is 32.4. The lowest BCUT2D eigenvalue weighted by Crippen LogP contribution is -2.41. The van der Waals surface area contributed by atoms with Gasteiger partial charge in [0.2, 0.25) is 5.91 Å². The van der Waals surface area contributed by atoms with E-state index >= 15 is 0 Å². The van der Waals surface area contributed by atoms with Crippen molar-refractivity contribution in [3.63, 3.8) is 0 Å². The maximum absolute atomic E-state index is 12.0. The van der Waals surface area contributed by atoms with Crippen LogP contribution in [0.2, 0.25) is 0 Å². The summed E-state index contributed by atoms with van der Waals surface area (Å²) in [6.07, 6.45) is 8.21. The van der Waals surface area contributed by atoms with Crippen molar-refractivity contribution in [3.05, 3.63) is 0 Å². The number of rotatable bonds is 5. The summed E-state index contributed by atoms with van der Waals surface area (Å²) in [5.74, 6) is 0.800. The van der Waals surface area contributed by atoms with Crippen LogP contribution in [0.5, 0.6) is 0 Å². The van der Waals surface area contributed by atoms with Gasteiger partial charge in [0.1, 0.15) is 0 Å². The summed E-state index contributed by atoms with van der Waals surface area (Å²) < 4.78 is 5.74. The van der Waals surface area contributed by atoms with E-state index in [1.165, 1.54) is 25.7 Å². The number of amides is 1. The maximum Gasteiger partial charge on any atom is 0.223 e. The first-order valence-corrected chi connectivity index (χ1v) is 7.81. The lowest BCUT2D eigenvalue weighted by atomic mass is 9.79. The van der Waals surface area contributed by atoms with Crippen molar-refractivity contribution in [1.82, 2.24) is 5.32 Å². The first-order valence-electron chi connectivity index (χ1n) is 7.81. The van der Waals surface area contributed by atoms with E-state index in [-0.39, 0.29) is 17.9 Å². The van der Waals surface area contributed by atoms with E-state index in [0.717, 1.165) is 19.3 Å². The van der Waals surface area contributed by atoms with E-state index in [9.17, 15) is 4.79 Å². The van der Waals surface area contributed by atoms with Crippen LogP contribution in [0.25, 0.3) is 0 Å². The Bertz CT molecular complexity index is 290. The zero-order chi connectivity index (χ0) is 13.7. The van der Waals surface area contributed by atoms with E-state index in [0.29, 0.717) is 25.2 Å². The molecule has 2 fully saturated rings. The topological polar surface area (TPSA) is 64.3 Å². The van der Waals surface area contributed by atoms with Gasteiger partial charge in [-0.15, -0.1) is 0 Å². The van der Waals surface area contributed by atoms with Crippen molar-refractivity contribution in [1.29, 1.82) is 0 Å². The molecule has 3 N–H and O–H groups in total. The molecule has 0 heterocycles. The number of ether oxygens (including phenoxy) is 1. The number of hydrogen-bond donors (Lipinski definition) is 2. The summed E-state index contributed by atoms with van der Waals surface area (Å²) in [6, 6.07) is 0.273. The fourth-order valence-electron chi connectivity index (χ4n) is 3.26. The third-order valence-electron chi connectivity index (χ3n) is 4.66. The fourth-order valence-corrected chi connectivity index (χ4v) is 3.26. The Morgan fingerprint density at radius 1 is 1.26 bits per heavy atom. The van der Waals surface area contributed by atoms with Gasteiger partial charge in [-0.1, -0.05) is 19.8 Å². The third-order valence-corrected chi connectivity index (χ3v) is 4.66. The SMILES string of the molecule is CC1CC(C(=O)NCCOC2CCCC2)CCC1N. The fraction of sp³-hybridized carbons (Fsp3) is 0.933. The average Bonchev–Trinajstić information content (AvgIpc) is 2.91. The Balaban J connectivity index is 1.58. The van der Waals surface area contributed by atoms with Crippen LogP contribution < -0.4 is 11.1 Å². The summed E-state index contributed by atoms with van der Waals surface area (Å²) >= 11 is 0. The predicted molar refractivity (Wildman–Crippen MR) is 75.7 cm³/mol. The standard InChI is InChI=1S/C15H28N2O2/c1-11-10-12(6-7-14(11)16)15(18)17-8-9-19-13-4-2-3-5-13/h11-14H,2-10,16H2,1H3,(H,17,18). The van der Waals surface area contributed by atoms with Crippen molar-refractivity contribution >= 4 is 5.91 Å². The second-order valence-electron chi connectivity index (χ2n) is 6.22. The summed E-state index contributed by atoms with van der Waals surface area (Å²) in [7, 11) is 0. The molecule has 0 bridgehead atoms. The van der Waals surface area contributed by atoms with Crippen LogP contribution in [0.3, 0.4) is 0 Å². The van der Waals surface area contributed by atoms with Gasteiger partial charge in [-0.3, -0.25) is 4.79 Å². The molecule has 0 aliphatic heterocycles. The third kappa shape index (κ3) is 4.46. The number of carbonyl (C=O) groups excluding carboxylic acids is 1. The molecule has 3 atom stereocenters. The van der Waals surface area contributed by atoms with Gasteiger partial charge in [-0.2, -0.15) is 0 Å². The predicted octanol–water partition coefficient (Wildman–Crippen LogP) is 1.83. The van der Waals surface area contributed by atoms with Crippen LogP contribution in [-0.2, 0) is 9.53 Å². The van der Waals surface area contributed by atoms with Gasteiger partial charge in [-0.05, 0) is 38.0 Å². The highest BCUT2D eigenvalue weighted by molar-refractivity contribution is 5.78. The lowest BCUT2D eigenvalue weighted by molar-refractivity contribution is -0.126. The average molecular weight is 268 g/mol. The molecular weight excluding hydrogens is 240 g/mol. The summed E-state index contributed by atoms with van der Waals surface area (Å²) in [4.78, 5) is 12.0. The van der Waals surface area contributed by atoms with E-state index < -0.39 is 0 Å². The minimum atomic E-state index is 0.154. The van der Waals surface area contributed by atoms with Gasteiger partial charge >= 0.3 is 0 Å². The molecule has 0 aromatic carbocycles. The molecule has 2 aliphatic carbocycles. The van der Waals surface area contributed by atoms with Crippen molar-refractivity contribution in [2.24, 2.45) is 17.6 Å². The Hall–Kier alpha value is -0.610. The van der Waals surface area contributed by atoms with Crippen molar-refractivity contribution < 1.29 is 9.53 Å². The first-order chi connectivity index (χ1) is 9.16. The number of nitrogens with two attached hydrogens (primary N) is 1. The van der Waals surface area contributed by atoms with Crippen molar-refractivity contribution in [2.45, 2.75) is 64.0 Å². The van der Waals surface area contributed by atoms with Crippen LogP contribution in [0.4, 0.5) is 0 Å². The van der Waals surface area contributed by atoms with Gasteiger partial charge in [0.25, 0.3) is 0 Å². The van der Waals surface area contributed by atoms with E-state index in [1.54, 1.807) is 0 Å². The zero-order valence-corrected chi connectivity index (χ0v) is 12.1.